The van der Waals surface area contributed by atoms with Gasteiger partial charge in [0.15, 0.2) is 0 Å². The molecule has 0 saturated carbocycles. The molecule has 1 N–H and O–H groups in total. The third-order valence-electron chi connectivity index (χ3n) is 5.31. The van der Waals surface area contributed by atoms with E-state index < -0.39 is 6.04 Å². The first-order valence-electron chi connectivity index (χ1n) is 10.2. The van der Waals surface area contributed by atoms with Crippen molar-refractivity contribution in [2.75, 3.05) is 0 Å². The Hall–Kier alpha value is -3.81. The molecule has 0 spiro atoms. The van der Waals surface area contributed by atoms with E-state index in [2.05, 4.69) is 20.5 Å². The molecule has 158 valence electrons. The molecule has 0 aliphatic heterocycles. The van der Waals surface area contributed by atoms with Gasteiger partial charge in [0.2, 0.25) is 5.91 Å². The van der Waals surface area contributed by atoms with E-state index in [1.165, 1.54) is 4.68 Å². The van der Waals surface area contributed by atoms with Gasteiger partial charge in [-0.3, -0.25) is 14.6 Å². The van der Waals surface area contributed by atoms with Crippen LogP contribution in [0.5, 0.6) is 0 Å². The van der Waals surface area contributed by atoms with Crippen LogP contribution in [0.4, 0.5) is 0 Å². The SMILES string of the molecule is CCC(C(=O)NCc1cccnc1)n1nc(C)c2nn(-c3ccccc3)c(C)c2c1=O. The molecule has 0 aliphatic rings. The summed E-state index contributed by atoms with van der Waals surface area (Å²) < 4.78 is 3.04. The van der Waals surface area contributed by atoms with Crippen molar-refractivity contribution in [1.29, 1.82) is 0 Å². The number of aromatic nitrogens is 5. The lowest BCUT2D eigenvalue weighted by atomic mass is 10.2. The first-order chi connectivity index (χ1) is 15.0. The van der Waals surface area contributed by atoms with E-state index in [0.29, 0.717) is 29.6 Å². The minimum absolute atomic E-state index is 0.257. The minimum Gasteiger partial charge on any atom is -0.350 e. The average molecular weight is 416 g/mol. The van der Waals surface area contributed by atoms with Gasteiger partial charge in [-0.2, -0.15) is 10.2 Å². The van der Waals surface area contributed by atoms with Crippen molar-refractivity contribution in [2.45, 2.75) is 39.8 Å². The Kier molecular flexibility index (Phi) is 5.62. The van der Waals surface area contributed by atoms with E-state index in [0.717, 1.165) is 16.9 Å². The number of rotatable bonds is 6. The maximum Gasteiger partial charge on any atom is 0.278 e. The number of carbonyl (C=O) groups excluding carboxylic acids is 1. The zero-order valence-electron chi connectivity index (χ0n) is 17.7. The summed E-state index contributed by atoms with van der Waals surface area (Å²) >= 11 is 0. The summed E-state index contributed by atoms with van der Waals surface area (Å²) in [6.45, 7) is 5.86. The number of amides is 1. The normalized spacial score (nSPS) is 12.1. The fourth-order valence-corrected chi connectivity index (χ4v) is 3.69. The summed E-state index contributed by atoms with van der Waals surface area (Å²) in [6, 6.07) is 12.6. The van der Waals surface area contributed by atoms with Crippen molar-refractivity contribution in [3.8, 4) is 5.69 Å². The molecule has 8 nitrogen and oxygen atoms in total. The number of fused-ring (bicyclic) bond motifs is 1. The maximum absolute atomic E-state index is 13.4. The van der Waals surface area contributed by atoms with E-state index in [4.69, 9.17) is 0 Å². The summed E-state index contributed by atoms with van der Waals surface area (Å²) in [5, 5.41) is 12.4. The number of hydrogen-bond donors (Lipinski definition) is 1. The van der Waals surface area contributed by atoms with Crippen LogP contribution in [0.1, 0.15) is 36.3 Å². The minimum atomic E-state index is -0.716. The van der Waals surface area contributed by atoms with Crippen LogP contribution in [0.25, 0.3) is 16.6 Å². The van der Waals surface area contributed by atoms with Crippen molar-refractivity contribution in [3.05, 3.63) is 82.2 Å². The first kappa shape index (κ1) is 20.5. The summed E-state index contributed by atoms with van der Waals surface area (Å²) in [6.07, 6.45) is 3.81. The Morgan fingerprint density at radius 1 is 1.10 bits per heavy atom. The van der Waals surface area contributed by atoms with Crippen LogP contribution in [0, 0.1) is 13.8 Å². The molecule has 0 bridgehead atoms. The van der Waals surface area contributed by atoms with Crippen LogP contribution in [0.3, 0.4) is 0 Å². The molecule has 4 aromatic rings. The molecule has 0 radical (unpaired) electrons. The molecule has 8 heteroatoms. The molecule has 0 saturated heterocycles. The molecule has 4 rings (SSSR count). The van der Waals surface area contributed by atoms with Crippen LogP contribution in [-0.2, 0) is 11.3 Å². The molecule has 1 atom stereocenters. The lowest BCUT2D eigenvalue weighted by Crippen LogP contribution is -2.38. The molecule has 1 aromatic carbocycles. The molecular weight excluding hydrogens is 392 g/mol. The number of carbonyl (C=O) groups is 1. The van der Waals surface area contributed by atoms with Gasteiger partial charge in [0.05, 0.1) is 22.5 Å². The maximum atomic E-state index is 13.4. The Morgan fingerprint density at radius 3 is 2.55 bits per heavy atom. The highest BCUT2D eigenvalue weighted by molar-refractivity contribution is 5.84. The topological polar surface area (TPSA) is 94.7 Å². The van der Waals surface area contributed by atoms with Crippen LogP contribution in [0.2, 0.25) is 0 Å². The highest BCUT2D eigenvalue weighted by Crippen LogP contribution is 2.21. The highest BCUT2D eigenvalue weighted by Gasteiger charge is 2.25. The molecule has 0 aliphatic carbocycles. The number of aryl methyl sites for hydroxylation is 2. The smallest absolute Gasteiger partial charge is 0.278 e. The number of nitrogens with zero attached hydrogens (tertiary/aromatic N) is 5. The summed E-state index contributed by atoms with van der Waals surface area (Å²) in [5.41, 5.74) is 3.30. The molecular formula is C23H24N6O2. The predicted octanol–water partition coefficient (Wildman–Crippen LogP) is 2.86. The van der Waals surface area contributed by atoms with Crippen molar-refractivity contribution >= 4 is 16.8 Å². The highest BCUT2D eigenvalue weighted by atomic mass is 16.2. The first-order valence-corrected chi connectivity index (χ1v) is 10.2. The zero-order valence-corrected chi connectivity index (χ0v) is 17.7. The molecule has 1 amide bonds. The Bertz CT molecular complexity index is 1280. The third kappa shape index (κ3) is 3.84. The standard InChI is InChI=1S/C23H24N6O2/c1-4-19(22(30)25-14-17-9-8-12-24-13-17)29-23(31)20-16(3)28(18-10-6-5-7-11-18)27-21(20)15(2)26-29/h5-13,19H,4,14H2,1-3H3,(H,25,30). The van der Waals surface area contributed by atoms with Gasteiger partial charge in [-0.15, -0.1) is 0 Å². The van der Waals surface area contributed by atoms with Gasteiger partial charge < -0.3 is 5.32 Å². The summed E-state index contributed by atoms with van der Waals surface area (Å²) in [5.74, 6) is -0.257. The van der Waals surface area contributed by atoms with E-state index in [1.54, 1.807) is 24.0 Å². The average Bonchev–Trinajstić information content (AvgIpc) is 3.15. The van der Waals surface area contributed by atoms with Gasteiger partial charge in [-0.1, -0.05) is 31.2 Å². The number of benzene rings is 1. The second-order valence-electron chi connectivity index (χ2n) is 7.39. The number of nitrogens with one attached hydrogen (secondary N) is 1. The molecule has 0 fully saturated rings. The Labute approximate surface area is 179 Å². The Balaban J connectivity index is 1.73. The monoisotopic (exact) mass is 416 g/mol. The van der Waals surface area contributed by atoms with Crippen molar-refractivity contribution in [1.82, 2.24) is 29.9 Å². The molecule has 3 aromatic heterocycles. The lowest BCUT2D eigenvalue weighted by Gasteiger charge is -2.17. The number of hydrogen-bond acceptors (Lipinski definition) is 5. The Morgan fingerprint density at radius 2 is 1.87 bits per heavy atom. The van der Waals surface area contributed by atoms with E-state index >= 15 is 0 Å². The van der Waals surface area contributed by atoms with Gasteiger partial charge in [-0.05, 0) is 44.0 Å². The van der Waals surface area contributed by atoms with E-state index in [1.807, 2.05) is 56.3 Å². The van der Waals surface area contributed by atoms with Gasteiger partial charge >= 0.3 is 0 Å². The fourth-order valence-electron chi connectivity index (χ4n) is 3.69. The van der Waals surface area contributed by atoms with Crippen molar-refractivity contribution in [3.63, 3.8) is 0 Å². The second-order valence-corrected chi connectivity index (χ2v) is 7.39. The van der Waals surface area contributed by atoms with E-state index in [-0.39, 0.29) is 11.5 Å². The molecule has 1 unspecified atom stereocenters. The molecule has 3 heterocycles. The second kappa shape index (κ2) is 8.51. The van der Waals surface area contributed by atoms with Crippen LogP contribution >= 0.6 is 0 Å². The largest absolute Gasteiger partial charge is 0.350 e. The fraction of sp³-hybridized carbons (Fsp3) is 0.261. The van der Waals surface area contributed by atoms with E-state index in [9.17, 15) is 9.59 Å². The van der Waals surface area contributed by atoms with Gasteiger partial charge in [-0.25, -0.2) is 9.36 Å². The number of para-hydroxylation sites is 1. The van der Waals surface area contributed by atoms with Gasteiger partial charge in [0, 0.05) is 18.9 Å². The van der Waals surface area contributed by atoms with Crippen molar-refractivity contribution < 1.29 is 4.79 Å². The predicted molar refractivity (Wildman–Crippen MR) is 118 cm³/mol. The summed E-state index contributed by atoms with van der Waals surface area (Å²) in [7, 11) is 0. The van der Waals surface area contributed by atoms with Gasteiger partial charge in [0.1, 0.15) is 11.6 Å². The third-order valence-corrected chi connectivity index (χ3v) is 5.31. The van der Waals surface area contributed by atoms with Crippen molar-refractivity contribution in [2.24, 2.45) is 0 Å². The van der Waals surface area contributed by atoms with Crippen LogP contribution < -0.4 is 10.9 Å². The quantitative estimate of drug-likeness (QED) is 0.522. The van der Waals surface area contributed by atoms with Crippen LogP contribution in [-0.4, -0.2) is 30.5 Å². The number of pyridine rings is 1. The van der Waals surface area contributed by atoms with Crippen LogP contribution in [0.15, 0.2) is 59.7 Å². The lowest BCUT2D eigenvalue weighted by molar-refractivity contribution is -0.125. The summed E-state index contributed by atoms with van der Waals surface area (Å²) in [4.78, 5) is 30.3. The zero-order chi connectivity index (χ0) is 22.0. The molecule has 31 heavy (non-hydrogen) atoms. The van der Waals surface area contributed by atoms with Gasteiger partial charge in [0.25, 0.3) is 5.56 Å².